The van der Waals surface area contributed by atoms with Crippen molar-refractivity contribution in [2.24, 2.45) is 0 Å². The van der Waals surface area contributed by atoms with Crippen molar-refractivity contribution in [3.05, 3.63) is 65.5 Å². The van der Waals surface area contributed by atoms with Crippen molar-refractivity contribution in [3.8, 4) is 0 Å². The normalized spacial score (nSPS) is 10.8. The lowest BCUT2D eigenvalue weighted by atomic mass is 10.3. The highest BCUT2D eigenvalue weighted by molar-refractivity contribution is 7.98. The molecule has 1 N–H and O–H groups in total. The molecule has 0 aliphatic rings. The molecule has 3 aromatic heterocycles. The second-order valence-corrected chi connectivity index (χ2v) is 7.65. The van der Waals surface area contributed by atoms with Crippen LogP contribution in [0.1, 0.15) is 41.4 Å². The number of hydrogen-bond acceptors (Lipinski definition) is 8. The fourth-order valence-corrected chi connectivity index (χ4v) is 3.71. The summed E-state index contributed by atoms with van der Waals surface area (Å²) < 4.78 is 11.0. The van der Waals surface area contributed by atoms with Crippen molar-refractivity contribution in [2.75, 3.05) is 25.1 Å². The van der Waals surface area contributed by atoms with Gasteiger partial charge in [-0.1, -0.05) is 17.8 Å². The minimum Gasteiger partial charge on any atom is -0.455 e. The van der Waals surface area contributed by atoms with E-state index < -0.39 is 0 Å². The molecule has 8 nitrogen and oxygen atoms in total. The summed E-state index contributed by atoms with van der Waals surface area (Å²) in [6, 6.07) is 9.17. The molecule has 0 fully saturated rings. The lowest BCUT2D eigenvalue weighted by Crippen LogP contribution is -2.23. The van der Waals surface area contributed by atoms with Crippen LogP contribution in [0.25, 0.3) is 0 Å². The van der Waals surface area contributed by atoms with Crippen LogP contribution in [0.5, 0.6) is 0 Å². The molecule has 0 aromatic carbocycles. The highest BCUT2D eigenvalue weighted by atomic mass is 32.2. The van der Waals surface area contributed by atoms with Crippen LogP contribution in [0, 0.1) is 0 Å². The molecule has 3 aromatic rings. The highest BCUT2D eigenvalue weighted by Gasteiger charge is 2.14. The summed E-state index contributed by atoms with van der Waals surface area (Å²) in [6.45, 7) is 6.73. The zero-order chi connectivity index (χ0) is 22.1. The van der Waals surface area contributed by atoms with Crippen molar-refractivity contribution in [2.45, 2.75) is 37.9 Å². The van der Waals surface area contributed by atoms with Crippen molar-refractivity contribution in [3.63, 3.8) is 0 Å². The number of thioether (sulfide) groups is 1. The number of carbonyl (C=O) groups excluding carboxylic acids is 1. The summed E-state index contributed by atoms with van der Waals surface area (Å²) in [5, 5.41) is 3.48. The zero-order valence-corrected chi connectivity index (χ0v) is 18.8. The number of nitrogens with one attached hydrogen (secondary N) is 1. The molecule has 164 valence electrons. The number of hydrogen-bond donors (Lipinski definition) is 1. The first-order chi connectivity index (χ1) is 15.1. The summed E-state index contributed by atoms with van der Waals surface area (Å²) in [7, 11) is 1.65. The molecule has 31 heavy (non-hydrogen) atoms. The van der Waals surface area contributed by atoms with E-state index >= 15 is 0 Å². The maximum atomic E-state index is 12.3. The van der Waals surface area contributed by atoms with Gasteiger partial charge in [-0.25, -0.2) is 9.97 Å². The molecule has 0 spiro atoms. The van der Waals surface area contributed by atoms with Gasteiger partial charge in [0.05, 0.1) is 18.1 Å². The molecule has 0 radical (unpaired) electrons. The maximum Gasteiger partial charge on any atom is 0.287 e. The molecule has 0 bridgehead atoms. The number of rotatable bonds is 11. The average Bonchev–Trinajstić information content (AvgIpc) is 3.27. The molecule has 0 aliphatic heterocycles. The van der Waals surface area contributed by atoms with Crippen LogP contribution in [0.15, 0.2) is 52.3 Å². The molecule has 1 amide bonds. The number of aromatic nitrogens is 3. The molecule has 0 aliphatic carbocycles. The molecular formula is C22H27N5O3S. The van der Waals surface area contributed by atoms with E-state index in [-0.39, 0.29) is 11.7 Å². The summed E-state index contributed by atoms with van der Waals surface area (Å²) in [5.74, 6) is 2.09. The second-order valence-electron chi connectivity index (χ2n) is 6.70. The first kappa shape index (κ1) is 22.8. The maximum absolute atomic E-state index is 12.3. The Kier molecular flexibility index (Phi) is 8.43. The smallest absolute Gasteiger partial charge is 0.287 e. The second kappa shape index (κ2) is 11.5. The van der Waals surface area contributed by atoms with Gasteiger partial charge in [-0.2, -0.15) is 0 Å². The van der Waals surface area contributed by atoms with Gasteiger partial charge in [0.1, 0.15) is 11.6 Å². The molecule has 3 heterocycles. The number of anilines is 1. The Hall–Kier alpha value is -2.91. The summed E-state index contributed by atoms with van der Waals surface area (Å²) in [4.78, 5) is 27.8. The Morgan fingerprint density at radius 2 is 2.06 bits per heavy atom. The number of amides is 1. The van der Waals surface area contributed by atoms with E-state index in [4.69, 9.17) is 9.15 Å². The van der Waals surface area contributed by atoms with Gasteiger partial charge in [-0.15, -0.1) is 0 Å². The summed E-state index contributed by atoms with van der Waals surface area (Å²) in [5.41, 5.74) is 1.76. The monoisotopic (exact) mass is 441 g/mol. The van der Waals surface area contributed by atoms with E-state index in [1.807, 2.05) is 18.2 Å². The molecule has 0 saturated carbocycles. The van der Waals surface area contributed by atoms with Gasteiger partial charge in [0.25, 0.3) is 5.91 Å². The molecule has 0 atom stereocenters. The standard InChI is InChI=1S/C22H27N5O3S/c1-4-27(5-2)20-11-17(14-29-3)25-22(26-20)31-15-18-8-9-19(30-18)21(28)24-13-16-7-6-10-23-12-16/h6-12H,4-5,13-15H2,1-3H3,(H,24,28). The van der Waals surface area contributed by atoms with Crippen LogP contribution in [0.3, 0.4) is 0 Å². The van der Waals surface area contributed by atoms with E-state index in [0.717, 1.165) is 30.2 Å². The topological polar surface area (TPSA) is 93.4 Å². The van der Waals surface area contributed by atoms with Crippen LogP contribution in [-0.2, 0) is 23.6 Å². The van der Waals surface area contributed by atoms with Gasteiger partial charge in [-0.3, -0.25) is 9.78 Å². The summed E-state index contributed by atoms with van der Waals surface area (Å²) >= 11 is 1.46. The predicted octanol–water partition coefficient (Wildman–Crippen LogP) is 3.68. The first-order valence-corrected chi connectivity index (χ1v) is 11.1. The van der Waals surface area contributed by atoms with Crippen molar-refractivity contribution in [1.29, 1.82) is 0 Å². The number of carbonyl (C=O) groups is 1. The number of methoxy groups -OCH3 is 1. The van der Waals surface area contributed by atoms with Gasteiger partial charge in [0.2, 0.25) is 0 Å². The third-order valence-electron chi connectivity index (χ3n) is 4.53. The molecule has 0 saturated heterocycles. The largest absolute Gasteiger partial charge is 0.455 e. The number of furan rings is 1. The number of ether oxygens (including phenoxy) is 1. The lowest BCUT2D eigenvalue weighted by Gasteiger charge is -2.20. The third-order valence-corrected chi connectivity index (χ3v) is 5.40. The van der Waals surface area contributed by atoms with Gasteiger partial charge in [0, 0.05) is 45.2 Å². The Bertz CT molecular complexity index is 976. The molecule has 9 heteroatoms. The van der Waals surface area contributed by atoms with Gasteiger partial charge in [-0.05, 0) is 37.6 Å². The van der Waals surface area contributed by atoms with Crippen molar-refractivity contribution >= 4 is 23.5 Å². The Morgan fingerprint density at radius 3 is 2.77 bits per heavy atom. The Balaban J connectivity index is 1.62. The average molecular weight is 442 g/mol. The lowest BCUT2D eigenvalue weighted by molar-refractivity contribution is 0.0921. The van der Waals surface area contributed by atoms with Crippen LogP contribution in [-0.4, -0.2) is 41.1 Å². The fourth-order valence-electron chi connectivity index (χ4n) is 2.94. The van der Waals surface area contributed by atoms with Gasteiger partial charge in [0.15, 0.2) is 10.9 Å². The van der Waals surface area contributed by atoms with E-state index in [1.54, 1.807) is 31.6 Å². The minimum atomic E-state index is -0.262. The Labute approximate surface area is 186 Å². The van der Waals surface area contributed by atoms with Crippen molar-refractivity contribution < 1.29 is 13.9 Å². The first-order valence-electron chi connectivity index (χ1n) is 10.1. The van der Waals surface area contributed by atoms with Crippen LogP contribution in [0.4, 0.5) is 5.82 Å². The minimum absolute atomic E-state index is 0.262. The molecular weight excluding hydrogens is 414 g/mol. The van der Waals surface area contributed by atoms with Gasteiger partial charge < -0.3 is 19.4 Å². The van der Waals surface area contributed by atoms with E-state index in [9.17, 15) is 4.79 Å². The summed E-state index contributed by atoms with van der Waals surface area (Å²) in [6.07, 6.45) is 3.41. The van der Waals surface area contributed by atoms with E-state index in [2.05, 4.69) is 39.0 Å². The van der Waals surface area contributed by atoms with E-state index in [1.165, 1.54) is 11.8 Å². The fraction of sp³-hybridized carbons (Fsp3) is 0.364. The van der Waals surface area contributed by atoms with Crippen LogP contribution in [0.2, 0.25) is 0 Å². The Morgan fingerprint density at radius 1 is 1.23 bits per heavy atom. The van der Waals surface area contributed by atoms with Crippen LogP contribution < -0.4 is 10.2 Å². The van der Waals surface area contributed by atoms with Crippen molar-refractivity contribution in [1.82, 2.24) is 20.3 Å². The third kappa shape index (κ3) is 6.53. The predicted molar refractivity (Wildman–Crippen MR) is 120 cm³/mol. The SMILES string of the molecule is CCN(CC)c1cc(COC)nc(SCc2ccc(C(=O)NCc3cccnc3)o2)n1. The van der Waals surface area contributed by atoms with Gasteiger partial charge >= 0.3 is 0 Å². The quantitative estimate of drug-likeness (QED) is 0.356. The number of pyridine rings is 1. The molecule has 0 unspecified atom stereocenters. The highest BCUT2D eigenvalue weighted by Crippen LogP contribution is 2.24. The zero-order valence-electron chi connectivity index (χ0n) is 18.0. The number of nitrogens with zero attached hydrogens (tertiary/aromatic N) is 4. The molecule has 3 rings (SSSR count). The van der Waals surface area contributed by atoms with Crippen LogP contribution >= 0.6 is 11.8 Å². The van der Waals surface area contributed by atoms with E-state index in [0.29, 0.717) is 29.8 Å².